The van der Waals surface area contributed by atoms with Gasteiger partial charge in [0.05, 0.1) is 17.5 Å². The van der Waals surface area contributed by atoms with Gasteiger partial charge in [-0.15, -0.1) is 11.3 Å². The maximum absolute atomic E-state index is 5.81. The summed E-state index contributed by atoms with van der Waals surface area (Å²) in [4.78, 5) is 4.72. The van der Waals surface area contributed by atoms with E-state index in [-0.39, 0.29) is 0 Å². The number of rotatable bonds is 2. The molecule has 1 fully saturated rings. The largest absolute Gasteiger partial charge is 0.383 e. The zero-order chi connectivity index (χ0) is 11.7. The van der Waals surface area contributed by atoms with E-state index in [1.807, 2.05) is 0 Å². The topological polar surface area (TPSA) is 67.6 Å². The molecule has 1 aliphatic carbocycles. The highest BCUT2D eigenvalue weighted by atomic mass is 32.1. The van der Waals surface area contributed by atoms with Crippen LogP contribution in [0.2, 0.25) is 0 Å². The lowest BCUT2D eigenvalue weighted by atomic mass is 9.87. The second-order valence-corrected chi connectivity index (χ2v) is 5.47. The highest BCUT2D eigenvalue weighted by Gasteiger charge is 2.19. The molecule has 3 N–H and O–H groups in total. The van der Waals surface area contributed by atoms with Crippen LogP contribution in [0.5, 0.6) is 0 Å². The van der Waals surface area contributed by atoms with Gasteiger partial charge in [-0.2, -0.15) is 5.10 Å². The van der Waals surface area contributed by atoms with Gasteiger partial charge in [-0.05, 0) is 12.8 Å². The number of hydrogen-bond donors (Lipinski definition) is 2. The Bertz CT molecular complexity index is 496. The molecule has 4 nitrogen and oxygen atoms in total. The van der Waals surface area contributed by atoms with Gasteiger partial charge in [-0.3, -0.25) is 5.10 Å². The molecule has 17 heavy (non-hydrogen) atoms. The minimum atomic E-state index is 0.606. The van der Waals surface area contributed by atoms with Crippen molar-refractivity contribution in [2.75, 3.05) is 5.73 Å². The highest BCUT2D eigenvalue weighted by Crippen LogP contribution is 2.35. The number of H-pyrrole nitrogens is 1. The Morgan fingerprint density at radius 1 is 1.29 bits per heavy atom. The molecule has 3 rings (SSSR count). The van der Waals surface area contributed by atoms with Crippen molar-refractivity contribution in [2.24, 2.45) is 0 Å². The van der Waals surface area contributed by atoms with Crippen molar-refractivity contribution < 1.29 is 0 Å². The van der Waals surface area contributed by atoms with E-state index in [9.17, 15) is 0 Å². The molecule has 0 bridgehead atoms. The molecule has 2 aromatic heterocycles. The Hall–Kier alpha value is -1.36. The molecule has 0 saturated heterocycles. The number of hydrogen-bond acceptors (Lipinski definition) is 4. The van der Waals surface area contributed by atoms with Crippen molar-refractivity contribution in [1.82, 2.24) is 15.2 Å². The van der Waals surface area contributed by atoms with Gasteiger partial charge in [0.2, 0.25) is 0 Å². The number of nitrogens with zero attached hydrogens (tertiary/aromatic N) is 2. The van der Waals surface area contributed by atoms with Gasteiger partial charge in [-0.25, -0.2) is 4.98 Å². The molecule has 0 radical (unpaired) electrons. The standard InChI is InChI=1S/C12H16N4S/c13-11-9(6-14-16-11)12-15-10(7-17-12)8-4-2-1-3-5-8/h6-8H,1-5H2,(H3,13,14,16). The number of anilines is 1. The van der Waals surface area contributed by atoms with Crippen LogP contribution < -0.4 is 5.73 Å². The minimum Gasteiger partial charge on any atom is -0.383 e. The maximum Gasteiger partial charge on any atom is 0.129 e. The zero-order valence-corrected chi connectivity index (χ0v) is 10.5. The predicted molar refractivity (Wildman–Crippen MR) is 69.9 cm³/mol. The first-order valence-electron chi connectivity index (χ1n) is 6.09. The second-order valence-electron chi connectivity index (χ2n) is 4.61. The molecule has 1 aliphatic rings. The van der Waals surface area contributed by atoms with Gasteiger partial charge in [0.25, 0.3) is 0 Å². The molecular weight excluding hydrogens is 232 g/mol. The lowest BCUT2D eigenvalue weighted by Crippen LogP contribution is -2.04. The number of nitrogens with one attached hydrogen (secondary N) is 1. The van der Waals surface area contributed by atoms with E-state index in [1.54, 1.807) is 17.5 Å². The third-order valence-corrected chi connectivity index (χ3v) is 4.34. The van der Waals surface area contributed by atoms with Crippen LogP contribution in [0.25, 0.3) is 10.6 Å². The van der Waals surface area contributed by atoms with Crippen LogP contribution in [-0.2, 0) is 0 Å². The molecule has 0 amide bonds. The number of aromatic amines is 1. The fraction of sp³-hybridized carbons (Fsp3) is 0.500. The molecule has 2 aromatic rings. The van der Waals surface area contributed by atoms with Crippen LogP contribution in [0.3, 0.4) is 0 Å². The van der Waals surface area contributed by atoms with Crippen molar-refractivity contribution in [1.29, 1.82) is 0 Å². The molecule has 0 unspecified atom stereocenters. The summed E-state index contributed by atoms with van der Waals surface area (Å²) in [7, 11) is 0. The highest BCUT2D eigenvalue weighted by molar-refractivity contribution is 7.13. The molecule has 90 valence electrons. The molecular formula is C12H16N4S. The molecule has 0 atom stereocenters. The van der Waals surface area contributed by atoms with Crippen LogP contribution >= 0.6 is 11.3 Å². The first kappa shape index (κ1) is 10.8. The number of thiazole rings is 1. The van der Waals surface area contributed by atoms with Crippen LogP contribution in [-0.4, -0.2) is 15.2 Å². The third-order valence-electron chi connectivity index (χ3n) is 3.44. The Kier molecular flexibility index (Phi) is 2.84. The second kappa shape index (κ2) is 4.49. The fourth-order valence-electron chi connectivity index (χ4n) is 2.46. The van der Waals surface area contributed by atoms with E-state index in [2.05, 4.69) is 15.6 Å². The van der Waals surface area contributed by atoms with Crippen molar-refractivity contribution in [3.05, 3.63) is 17.3 Å². The van der Waals surface area contributed by atoms with Gasteiger partial charge in [0.1, 0.15) is 10.8 Å². The van der Waals surface area contributed by atoms with Crippen LogP contribution in [0.15, 0.2) is 11.6 Å². The van der Waals surface area contributed by atoms with Gasteiger partial charge in [-0.1, -0.05) is 19.3 Å². The number of nitrogen functional groups attached to an aromatic ring is 1. The first-order valence-corrected chi connectivity index (χ1v) is 6.97. The third kappa shape index (κ3) is 2.07. The Morgan fingerprint density at radius 2 is 2.12 bits per heavy atom. The molecule has 2 heterocycles. The smallest absolute Gasteiger partial charge is 0.129 e. The molecule has 0 aliphatic heterocycles. The van der Waals surface area contributed by atoms with Crippen molar-refractivity contribution >= 4 is 17.2 Å². The summed E-state index contributed by atoms with van der Waals surface area (Å²) in [6.45, 7) is 0. The summed E-state index contributed by atoms with van der Waals surface area (Å²) in [5.41, 5.74) is 7.98. The summed E-state index contributed by atoms with van der Waals surface area (Å²) < 4.78 is 0. The van der Waals surface area contributed by atoms with Crippen LogP contribution in [0.1, 0.15) is 43.7 Å². The average molecular weight is 248 g/mol. The number of nitrogens with two attached hydrogens (primary N) is 1. The van der Waals surface area contributed by atoms with Gasteiger partial charge in [0, 0.05) is 11.3 Å². The van der Waals surface area contributed by atoms with E-state index in [4.69, 9.17) is 10.7 Å². The zero-order valence-electron chi connectivity index (χ0n) is 9.65. The Labute approximate surface area is 104 Å². The molecule has 0 aromatic carbocycles. The lowest BCUT2D eigenvalue weighted by molar-refractivity contribution is 0.438. The quantitative estimate of drug-likeness (QED) is 0.857. The fourth-order valence-corrected chi connectivity index (χ4v) is 3.39. The van der Waals surface area contributed by atoms with Crippen LogP contribution in [0.4, 0.5) is 5.82 Å². The normalized spacial score (nSPS) is 17.4. The summed E-state index contributed by atoms with van der Waals surface area (Å²) >= 11 is 1.66. The minimum absolute atomic E-state index is 0.606. The molecule has 5 heteroatoms. The summed E-state index contributed by atoms with van der Waals surface area (Å²) in [5.74, 6) is 1.26. The Balaban J connectivity index is 1.85. The van der Waals surface area contributed by atoms with Gasteiger partial charge < -0.3 is 5.73 Å². The van der Waals surface area contributed by atoms with Crippen molar-refractivity contribution in [3.8, 4) is 10.6 Å². The summed E-state index contributed by atoms with van der Waals surface area (Å²) in [5, 5.41) is 9.85. The lowest BCUT2D eigenvalue weighted by Gasteiger charge is -2.19. The average Bonchev–Trinajstić information content (AvgIpc) is 2.98. The van der Waals surface area contributed by atoms with Gasteiger partial charge >= 0.3 is 0 Å². The maximum atomic E-state index is 5.81. The van der Waals surface area contributed by atoms with Gasteiger partial charge in [0.15, 0.2) is 0 Å². The van der Waals surface area contributed by atoms with E-state index in [0.717, 1.165) is 10.6 Å². The van der Waals surface area contributed by atoms with Crippen molar-refractivity contribution in [2.45, 2.75) is 38.0 Å². The van der Waals surface area contributed by atoms with E-state index < -0.39 is 0 Å². The molecule has 1 saturated carbocycles. The van der Waals surface area contributed by atoms with E-state index in [1.165, 1.54) is 37.8 Å². The van der Waals surface area contributed by atoms with Crippen LogP contribution in [0, 0.1) is 0 Å². The Morgan fingerprint density at radius 3 is 2.82 bits per heavy atom. The van der Waals surface area contributed by atoms with E-state index >= 15 is 0 Å². The SMILES string of the molecule is Nc1[nH]ncc1-c1nc(C2CCCCC2)cs1. The monoisotopic (exact) mass is 248 g/mol. The predicted octanol–water partition coefficient (Wildman–Crippen LogP) is 3.16. The first-order chi connectivity index (χ1) is 8.34. The molecule has 0 spiro atoms. The van der Waals surface area contributed by atoms with Crippen molar-refractivity contribution in [3.63, 3.8) is 0 Å². The summed E-state index contributed by atoms with van der Waals surface area (Å²) in [6, 6.07) is 0. The number of aromatic nitrogens is 3. The summed E-state index contributed by atoms with van der Waals surface area (Å²) in [6.07, 6.45) is 8.37. The van der Waals surface area contributed by atoms with E-state index in [0.29, 0.717) is 11.7 Å².